The van der Waals surface area contributed by atoms with Crippen LogP contribution in [0.3, 0.4) is 0 Å². The molecule has 6 rings (SSSR count). The van der Waals surface area contributed by atoms with Crippen LogP contribution >= 0.6 is 0 Å². The van der Waals surface area contributed by atoms with Gasteiger partial charge in [-0.15, -0.1) is 0 Å². The van der Waals surface area contributed by atoms with E-state index in [2.05, 4.69) is 32.9 Å². The number of likely N-dealkylation sites (tertiary alicyclic amines) is 1. The highest BCUT2D eigenvalue weighted by Crippen LogP contribution is 2.35. The summed E-state index contributed by atoms with van der Waals surface area (Å²) in [6, 6.07) is 17.9. The summed E-state index contributed by atoms with van der Waals surface area (Å²) in [6.07, 6.45) is 0.473. The second-order valence-corrected chi connectivity index (χ2v) is 11.7. The lowest BCUT2D eigenvalue weighted by Gasteiger charge is -2.42. The van der Waals surface area contributed by atoms with Gasteiger partial charge in [0.1, 0.15) is 12.4 Å². The number of hydrogen-bond acceptors (Lipinski definition) is 9. The normalized spacial score (nSPS) is 18.0. The van der Waals surface area contributed by atoms with Crippen molar-refractivity contribution in [1.29, 1.82) is 5.26 Å². The van der Waals surface area contributed by atoms with Crippen LogP contribution in [0.2, 0.25) is 0 Å². The van der Waals surface area contributed by atoms with Crippen LogP contribution in [0.5, 0.6) is 6.01 Å². The maximum Gasteiger partial charge on any atom is 0.410 e. The number of nitrogens with zero attached hydrogens (tertiary/aromatic N) is 7. The molecule has 1 atom stereocenters. The summed E-state index contributed by atoms with van der Waals surface area (Å²) >= 11 is 0. The molecule has 0 radical (unpaired) electrons. The van der Waals surface area contributed by atoms with E-state index < -0.39 is 18.6 Å². The standard InChI is InChI=1S/C29H30F2N6O3.C5H11N/c1-39-28-33-24-18-35(25-10-6-5-9-23(25)26(30)31)14-12-22(24)27(34-28)36-15-16-37(21(17-36)11-13-32)29(38)40-19-20-7-3-2-4-8-20;1-6-4-2-3-5-6/h2-10,21,26H,11-12,14-19H2,1H3;2-5H2,1H3. The number of carbonyl (C=O) groups excluding carboxylic acids is 1. The number of amides is 1. The monoisotopic (exact) mass is 633 g/mol. The summed E-state index contributed by atoms with van der Waals surface area (Å²) in [5.41, 5.74) is 2.98. The Morgan fingerprint density at radius 3 is 2.41 bits per heavy atom. The van der Waals surface area contributed by atoms with E-state index in [4.69, 9.17) is 9.47 Å². The van der Waals surface area contributed by atoms with Crippen molar-refractivity contribution >= 4 is 17.6 Å². The molecule has 3 aliphatic heterocycles. The van der Waals surface area contributed by atoms with Crippen molar-refractivity contribution < 1.29 is 23.0 Å². The van der Waals surface area contributed by atoms with Crippen molar-refractivity contribution in [3.63, 3.8) is 0 Å². The Hall–Kier alpha value is -4.50. The third-order valence-electron chi connectivity index (χ3n) is 8.60. The topological polar surface area (TPSA) is 98.1 Å². The van der Waals surface area contributed by atoms with Gasteiger partial charge in [0.25, 0.3) is 6.43 Å². The molecule has 0 aliphatic carbocycles. The number of para-hydroxylation sites is 1. The van der Waals surface area contributed by atoms with Crippen LogP contribution < -0.4 is 14.5 Å². The van der Waals surface area contributed by atoms with Gasteiger partial charge in [-0.3, -0.25) is 0 Å². The minimum absolute atomic E-state index is 0.0122. The summed E-state index contributed by atoms with van der Waals surface area (Å²) in [4.78, 5) is 30.1. The Labute approximate surface area is 269 Å². The number of rotatable bonds is 7. The van der Waals surface area contributed by atoms with Crippen molar-refractivity contribution in [2.24, 2.45) is 0 Å². The number of aromatic nitrogens is 2. The molecule has 4 heterocycles. The number of halogens is 2. The second-order valence-electron chi connectivity index (χ2n) is 11.7. The zero-order valence-electron chi connectivity index (χ0n) is 26.4. The van der Waals surface area contributed by atoms with E-state index in [9.17, 15) is 18.8 Å². The SMILES string of the molecule is CN1CCCC1.COc1nc2c(c(N3CCN(C(=O)OCc4ccccc4)C(CC#N)C3)n1)CCN(c1ccccc1C(F)F)C2. The fourth-order valence-electron chi connectivity index (χ4n) is 6.15. The van der Waals surface area contributed by atoms with Crippen LogP contribution in [0.4, 0.5) is 25.1 Å². The summed E-state index contributed by atoms with van der Waals surface area (Å²) in [5, 5.41) is 9.50. The lowest BCUT2D eigenvalue weighted by molar-refractivity contribution is 0.0767. The first kappa shape index (κ1) is 32.9. The molecule has 2 aromatic carbocycles. The Bertz CT molecular complexity index is 1500. The van der Waals surface area contributed by atoms with Crippen LogP contribution in [0.15, 0.2) is 54.6 Å². The van der Waals surface area contributed by atoms with E-state index in [0.717, 1.165) is 11.1 Å². The van der Waals surface area contributed by atoms with Crippen LogP contribution in [-0.4, -0.2) is 85.3 Å². The molecule has 244 valence electrons. The highest BCUT2D eigenvalue weighted by molar-refractivity contribution is 5.69. The van der Waals surface area contributed by atoms with Crippen LogP contribution in [0.1, 0.15) is 48.1 Å². The molecular formula is C34H41F2N7O3. The fourth-order valence-corrected chi connectivity index (χ4v) is 6.15. The molecule has 46 heavy (non-hydrogen) atoms. The minimum atomic E-state index is -2.58. The number of hydrogen-bond donors (Lipinski definition) is 0. The summed E-state index contributed by atoms with van der Waals surface area (Å²) in [7, 11) is 3.66. The average Bonchev–Trinajstić information content (AvgIpc) is 3.58. The Morgan fingerprint density at radius 2 is 1.74 bits per heavy atom. The summed E-state index contributed by atoms with van der Waals surface area (Å²) < 4.78 is 38.3. The number of piperazine rings is 1. The van der Waals surface area contributed by atoms with Gasteiger partial charge in [0.05, 0.1) is 37.9 Å². The predicted octanol–water partition coefficient (Wildman–Crippen LogP) is 5.44. The minimum Gasteiger partial charge on any atom is -0.467 e. The number of carbonyl (C=O) groups is 1. The summed E-state index contributed by atoms with van der Waals surface area (Å²) in [5.74, 6) is 0.684. The molecule has 12 heteroatoms. The summed E-state index contributed by atoms with van der Waals surface area (Å²) in [6.45, 7) is 4.87. The quantitative estimate of drug-likeness (QED) is 0.337. The second kappa shape index (κ2) is 15.7. The smallest absolute Gasteiger partial charge is 0.410 e. The molecule has 1 unspecified atom stereocenters. The van der Waals surface area contributed by atoms with Gasteiger partial charge in [0.2, 0.25) is 0 Å². The molecule has 1 amide bonds. The van der Waals surface area contributed by atoms with Gasteiger partial charge in [-0.2, -0.15) is 15.2 Å². The molecule has 1 aromatic heterocycles. The van der Waals surface area contributed by atoms with Crippen molar-refractivity contribution in [3.05, 3.63) is 77.0 Å². The molecule has 2 saturated heterocycles. The first-order chi connectivity index (χ1) is 22.4. The molecule has 0 spiro atoms. The molecule has 0 saturated carbocycles. The van der Waals surface area contributed by atoms with Gasteiger partial charge < -0.3 is 29.1 Å². The lowest BCUT2D eigenvalue weighted by Crippen LogP contribution is -2.55. The van der Waals surface area contributed by atoms with E-state index in [0.29, 0.717) is 56.3 Å². The molecule has 10 nitrogen and oxygen atoms in total. The van der Waals surface area contributed by atoms with Crippen molar-refractivity contribution in [1.82, 2.24) is 19.8 Å². The van der Waals surface area contributed by atoms with E-state index in [1.54, 1.807) is 23.1 Å². The Kier molecular flexibility index (Phi) is 11.2. The first-order valence-corrected chi connectivity index (χ1v) is 15.7. The van der Waals surface area contributed by atoms with Crippen molar-refractivity contribution in [2.75, 3.05) is 63.2 Å². The largest absolute Gasteiger partial charge is 0.467 e. The first-order valence-electron chi connectivity index (χ1n) is 15.7. The van der Waals surface area contributed by atoms with Crippen molar-refractivity contribution in [2.45, 2.75) is 51.3 Å². The van der Waals surface area contributed by atoms with Gasteiger partial charge in [-0.25, -0.2) is 13.6 Å². The van der Waals surface area contributed by atoms with Gasteiger partial charge in [-0.05, 0) is 51.0 Å². The third-order valence-corrected chi connectivity index (χ3v) is 8.60. The van der Waals surface area contributed by atoms with Gasteiger partial charge in [-0.1, -0.05) is 48.5 Å². The maximum atomic E-state index is 13.7. The van der Waals surface area contributed by atoms with Crippen molar-refractivity contribution in [3.8, 4) is 12.1 Å². The molecule has 2 fully saturated rings. The fraction of sp³-hybridized carbons (Fsp3) is 0.471. The highest BCUT2D eigenvalue weighted by atomic mass is 19.3. The third kappa shape index (κ3) is 8.01. The Balaban J connectivity index is 0.000000624. The molecule has 3 aromatic rings. The maximum absolute atomic E-state index is 13.7. The van der Waals surface area contributed by atoms with Gasteiger partial charge in [0, 0.05) is 43.0 Å². The Morgan fingerprint density at radius 1 is 1.00 bits per heavy atom. The number of anilines is 2. The zero-order valence-corrected chi connectivity index (χ0v) is 26.4. The molecule has 0 bridgehead atoms. The van der Waals surface area contributed by atoms with Gasteiger partial charge >= 0.3 is 12.1 Å². The predicted molar refractivity (Wildman–Crippen MR) is 171 cm³/mol. The number of methoxy groups -OCH3 is 1. The number of nitriles is 1. The van der Waals surface area contributed by atoms with Crippen LogP contribution in [0, 0.1) is 11.3 Å². The number of fused-ring (bicyclic) bond motifs is 1. The van der Waals surface area contributed by atoms with E-state index >= 15 is 0 Å². The number of ether oxygens (including phenoxy) is 2. The van der Waals surface area contributed by atoms with Gasteiger partial charge in [0.15, 0.2) is 0 Å². The molecule has 3 aliphatic rings. The average molecular weight is 634 g/mol. The van der Waals surface area contributed by atoms with E-state index in [1.165, 1.54) is 39.1 Å². The highest BCUT2D eigenvalue weighted by Gasteiger charge is 2.35. The number of alkyl halides is 2. The van der Waals surface area contributed by atoms with E-state index in [1.807, 2.05) is 35.2 Å². The van der Waals surface area contributed by atoms with E-state index in [-0.39, 0.29) is 24.6 Å². The lowest BCUT2D eigenvalue weighted by atomic mass is 10.0. The molecule has 0 N–H and O–H groups in total. The zero-order chi connectivity index (χ0) is 32.5. The van der Waals surface area contributed by atoms with Crippen LogP contribution in [-0.2, 0) is 24.3 Å². The molecular weight excluding hydrogens is 592 g/mol. The number of benzene rings is 2. The van der Waals surface area contributed by atoms with Crippen LogP contribution in [0.25, 0.3) is 0 Å².